The summed E-state index contributed by atoms with van der Waals surface area (Å²) in [5.41, 5.74) is 1.61. The van der Waals surface area contributed by atoms with Gasteiger partial charge >= 0.3 is 0 Å². The number of carbonyl (C=O) groups is 1. The molecule has 2 aromatic carbocycles. The molecule has 8 heteroatoms. The lowest BCUT2D eigenvalue weighted by Crippen LogP contribution is -2.26. The van der Waals surface area contributed by atoms with E-state index in [1.165, 1.54) is 31.6 Å². The van der Waals surface area contributed by atoms with Crippen LogP contribution in [0, 0.1) is 6.92 Å². The molecule has 2 N–H and O–H groups in total. The molecule has 0 radical (unpaired) electrons. The maximum atomic E-state index is 12.9. The van der Waals surface area contributed by atoms with Crippen LogP contribution in [0.15, 0.2) is 70.2 Å². The maximum Gasteiger partial charge on any atom is 0.265 e. The normalized spacial score (nSPS) is 12.2. The van der Waals surface area contributed by atoms with Crippen molar-refractivity contribution in [3.05, 3.63) is 77.7 Å². The quantitative estimate of drug-likeness (QED) is 0.611. The van der Waals surface area contributed by atoms with Gasteiger partial charge < -0.3 is 14.5 Å². The number of amides is 1. The molecule has 1 atom stereocenters. The van der Waals surface area contributed by atoms with Crippen LogP contribution in [0.1, 0.15) is 34.6 Å². The van der Waals surface area contributed by atoms with Gasteiger partial charge in [0.1, 0.15) is 16.4 Å². The van der Waals surface area contributed by atoms with Crippen molar-refractivity contribution < 1.29 is 22.4 Å². The predicted molar refractivity (Wildman–Crippen MR) is 110 cm³/mol. The molecule has 3 aromatic rings. The molecule has 0 spiro atoms. The highest BCUT2D eigenvalue weighted by atomic mass is 32.2. The van der Waals surface area contributed by atoms with Crippen LogP contribution in [0.5, 0.6) is 5.75 Å². The molecular weight excluding hydrogens is 392 g/mol. The summed E-state index contributed by atoms with van der Waals surface area (Å²) < 4.78 is 38.8. The first kappa shape index (κ1) is 20.5. The first-order valence-corrected chi connectivity index (χ1v) is 10.4. The minimum atomic E-state index is -3.97. The molecule has 0 fully saturated rings. The molecule has 1 amide bonds. The summed E-state index contributed by atoms with van der Waals surface area (Å²) in [5.74, 6) is 0.310. The van der Waals surface area contributed by atoms with Gasteiger partial charge in [0.15, 0.2) is 0 Å². The Labute approximate surface area is 169 Å². The number of anilines is 1. The highest BCUT2D eigenvalue weighted by Crippen LogP contribution is 2.27. The lowest BCUT2D eigenvalue weighted by Gasteiger charge is -2.15. The van der Waals surface area contributed by atoms with E-state index >= 15 is 0 Å². The van der Waals surface area contributed by atoms with Gasteiger partial charge in [0, 0.05) is 11.3 Å². The van der Waals surface area contributed by atoms with Crippen LogP contribution in [-0.2, 0) is 10.0 Å². The summed E-state index contributed by atoms with van der Waals surface area (Å²) in [4.78, 5) is 12.5. The Kier molecular flexibility index (Phi) is 5.93. The topological polar surface area (TPSA) is 97.6 Å². The lowest BCUT2D eigenvalue weighted by atomic mass is 10.1. The van der Waals surface area contributed by atoms with Gasteiger partial charge in [0.2, 0.25) is 0 Å². The molecule has 1 heterocycles. The zero-order valence-corrected chi connectivity index (χ0v) is 17.1. The maximum absolute atomic E-state index is 12.9. The van der Waals surface area contributed by atoms with Crippen LogP contribution in [0.2, 0.25) is 0 Å². The molecule has 0 aliphatic heterocycles. The number of benzene rings is 2. The summed E-state index contributed by atoms with van der Waals surface area (Å²) in [6, 6.07) is 14.3. The number of sulfonamides is 1. The number of aryl methyl sites for hydroxylation is 1. The monoisotopic (exact) mass is 414 g/mol. The van der Waals surface area contributed by atoms with Crippen molar-refractivity contribution in [2.75, 3.05) is 11.8 Å². The molecule has 29 heavy (non-hydrogen) atoms. The number of ether oxygens (including phenoxy) is 1. The van der Waals surface area contributed by atoms with Crippen LogP contribution in [0.4, 0.5) is 5.69 Å². The van der Waals surface area contributed by atoms with E-state index in [0.717, 1.165) is 5.56 Å². The largest absolute Gasteiger partial charge is 0.495 e. The van der Waals surface area contributed by atoms with E-state index in [0.29, 0.717) is 11.4 Å². The number of furan rings is 1. The Morgan fingerprint density at radius 1 is 1.10 bits per heavy atom. The van der Waals surface area contributed by atoms with E-state index in [-0.39, 0.29) is 22.3 Å². The average Bonchev–Trinajstić information content (AvgIpc) is 3.24. The fourth-order valence-electron chi connectivity index (χ4n) is 2.75. The molecule has 0 bridgehead atoms. The number of nitrogens with one attached hydrogen (secondary N) is 2. The Morgan fingerprint density at radius 3 is 2.45 bits per heavy atom. The van der Waals surface area contributed by atoms with E-state index in [9.17, 15) is 13.2 Å². The van der Waals surface area contributed by atoms with Gasteiger partial charge in [-0.2, -0.15) is 0 Å². The molecule has 0 saturated heterocycles. The molecular formula is C21H22N2O5S. The zero-order valence-electron chi connectivity index (χ0n) is 16.3. The van der Waals surface area contributed by atoms with Crippen LogP contribution < -0.4 is 14.8 Å². The number of rotatable bonds is 7. The van der Waals surface area contributed by atoms with E-state index < -0.39 is 15.9 Å². The second-order valence-corrected chi connectivity index (χ2v) is 8.20. The summed E-state index contributed by atoms with van der Waals surface area (Å²) in [6.07, 6.45) is 1.52. The van der Waals surface area contributed by atoms with Crippen molar-refractivity contribution in [3.8, 4) is 5.75 Å². The van der Waals surface area contributed by atoms with Crippen LogP contribution in [-0.4, -0.2) is 21.4 Å². The second kappa shape index (κ2) is 8.40. The summed E-state index contributed by atoms with van der Waals surface area (Å²) in [6.45, 7) is 3.68. The highest BCUT2D eigenvalue weighted by molar-refractivity contribution is 7.92. The smallest absolute Gasteiger partial charge is 0.265 e. The molecule has 1 aromatic heterocycles. The van der Waals surface area contributed by atoms with Gasteiger partial charge in [-0.15, -0.1) is 0 Å². The van der Waals surface area contributed by atoms with Crippen molar-refractivity contribution in [1.29, 1.82) is 0 Å². The Bertz CT molecular complexity index is 1090. The minimum Gasteiger partial charge on any atom is -0.495 e. The lowest BCUT2D eigenvalue weighted by molar-refractivity contribution is 0.0935. The van der Waals surface area contributed by atoms with Gasteiger partial charge in [0.05, 0.1) is 19.4 Å². The van der Waals surface area contributed by atoms with Crippen molar-refractivity contribution in [2.24, 2.45) is 0 Å². The van der Waals surface area contributed by atoms with Crippen molar-refractivity contribution in [2.45, 2.75) is 24.8 Å². The molecule has 0 saturated carbocycles. The Hall–Kier alpha value is -3.26. The fraction of sp³-hybridized carbons (Fsp3) is 0.190. The molecule has 0 unspecified atom stereocenters. The SMILES string of the molecule is COc1ccc(C(=O)N[C@H](C)c2ccco2)cc1S(=O)(=O)Nc1ccc(C)cc1. The van der Waals surface area contributed by atoms with E-state index in [2.05, 4.69) is 10.0 Å². The zero-order chi connectivity index (χ0) is 21.0. The van der Waals surface area contributed by atoms with Gasteiger partial charge in [-0.3, -0.25) is 9.52 Å². The fourth-order valence-corrected chi connectivity index (χ4v) is 4.00. The summed E-state index contributed by atoms with van der Waals surface area (Å²) >= 11 is 0. The number of hydrogen-bond donors (Lipinski definition) is 2. The molecule has 3 rings (SSSR count). The number of methoxy groups -OCH3 is 1. The van der Waals surface area contributed by atoms with E-state index in [1.54, 1.807) is 43.3 Å². The minimum absolute atomic E-state index is 0.126. The van der Waals surface area contributed by atoms with Crippen LogP contribution in [0.25, 0.3) is 0 Å². The van der Waals surface area contributed by atoms with Gasteiger partial charge in [-0.25, -0.2) is 8.42 Å². The second-order valence-electron chi connectivity index (χ2n) is 6.55. The van der Waals surface area contributed by atoms with Gasteiger partial charge in [-0.1, -0.05) is 17.7 Å². The first-order chi connectivity index (χ1) is 13.8. The Morgan fingerprint density at radius 2 is 1.83 bits per heavy atom. The third kappa shape index (κ3) is 4.78. The standard InChI is InChI=1S/C21H22N2O5S/c1-14-6-9-17(10-7-14)23-29(25,26)20-13-16(8-11-19(20)27-3)21(24)22-15(2)18-5-4-12-28-18/h4-13,15,23H,1-3H3,(H,22,24)/t15-/m1/s1. The van der Waals surface area contributed by atoms with Crippen molar-refractivity contribution in [1.82, 2.24) is 5.32 Å². The molecule has 0 aliphatic rings. The van der Waals surface area contributed by atoms with Gasteiger partial charge in [-0.05, 0) is 56.3 Å². The summed E-state index contributed by atoms with van der Waals surface area (Å²) in [7, 11) is -2.60. The Balaban J connectivity index is 1.88. The summed E-state index contributed by atoms with van der Waals surface area (Å²) in [5, 5.41) is 2.78. The van der Waals surface area contributed by atoms with Crippen LogP contribution >= 0.6 is 0 Å². The molecule has 7 nitrogen and oxygen atoms in total. The van der Waals surface area contributed by atoms with Crippen molar-refractivity contribution in [3.63, 3.8) is 0 Å². The first-order valence-electron chi connectivity index (χ1n) is 8.92. The van der Waals surface area contributed by atoms with Gasteiger partial charge in [0.25, 0.3) is 15.9 Å². The highest BCUT2D eigenvalue weighted by Gasteiger charge is 2.23. The average molecular weight is 414 g/mol. The predicted octanol–water partition coefficient (Wildman–Crippen LogP) is 3.89. The number of hydrogen-bond acceptors (Lipinski definition) is 5. The third-order valence-electron chi connectivity index (χ3n) is 4.34. The van der Waals surface area contributed by atoms with E-state index in [1.807, 2.05) is 6.92 Å². The van der Waals surface area contributed by atoms with E-state index in [4.69, 9.17) is 9.15 Å². The molecule has 152 valence electrons. The third-order valence-corrected chi connectivity index (χ3v) is 5.74. The number of carbonyl (C=O) groups excluding carboxylic acids is 1. The van der Waals surface area contributed by atoms with Crippen molar-refractivity contribution >= 4 is 21.6 Å². The van der Waals surface area contributed by atoms with Crippen LogP contribution in [0.3, 0.4) is 0 Å². The molecule has 0 aliphatic carbocycles.